The van der Waals surface area contributed by atoms with Crippen LogP contribution in [0.4, 0.5) is 5.69 Å². The third kappa shape index (κ3) is 5.81. The van der Waals surface area contributed by atoms with Crippen molar-refractivity contribution in [3.05, 3.63) is 65.7 Å². The fourth-order valence-corrected chi connectivity index (χ4v) is 3.73. The van der Waals surface area contributed by atoms with Gasteiger partial charge < -0.3 is 20.7 Å². The largest absolute Gasteiger partial charge is 0.384 e. The summed E-state index contributed by atoms with van der Waals surface area (Å²) in [5.41, 5.74) is 1.75. The third-order valence-electron chi connectivity index (χ3n) is 5.49. The van der Waals surface area contributed by atoms with Crippen LogP contribution in [0.1, 0.15) is 41.7 Å². The predicted molar refractivity (Wildman–Crippen MR) is 121 cm³/mol. The van der Waals surface area contributed by atoms with E-state index in [0.717, 1.165) is 31.5 Å². The molecule has 3 N–H and O–H groups in total. The fourth-order valence-electron chi connectivity index (χ4n) is 3.73. The molecule has 162 valence electrons. The highest BCUT2D eigenvalue weighted by atomic mass is 35.5. The number of rotatable bonds is 7. The number of hydrogen-bond acceptors (Lipinski definition) is 4. The first-order chi connectivity index (χ1) is 14.0. The average molecular weight is 432 g/mol. The van der Waals surface area contributed by atoms with E-state index in [4.69, 9.17) is 4.74 Å². The molecule has 2 amide bonds. The molecular weight excluding hydrogens is 402 g/mol. The molecule has 1 saturated heterocycles. The number of benzene rings is 2. The van der Waals surface area contributed by atoms with Crippen LogP contribution < -0.4 is 16.0 Å². The van der Waals surface area contributed by atoms with Gasteiger partial charge in [0.25, 0.3) is 5.91 Å². The molecule has 0 spiro atoms. The van der Waals surface area contributed by atoms with Crippen LogP contribution in [0.15, 0.2) is 54.6 Å². The van der Waals surface area contributed by atoms with Gasteiger partial charge in [0.1, 0.15) is 0 Å². The van der Waals surface area contributed by atoms with Gasteiger partial charge >= 0.3 is 0 Å². The molecule has 0 aliphatic carbocycles. The zero-order valence-corrected chi connectivity index (χ0v) is 18.3. The maximum atomic E-state index is 13.1. The Kier molecular flexibility index (Phi) is 8.84. The molecule has 1 aliphatic rings. The first-order valence-electron chi connectivity index (χ1n) is 10.0. The average Bonchev–Trinajstić information content (AvgIpc) is 2.75. The van der Waals surface area contributed by atoms with Gasteiger partial charge in [0.15, 0.2) is 0 Å². The summed E-state index contributed by atoms with van der Waals surface area (Å²) in [5.74, 6) is -0.139. The van der Waals surface area contributed by atoms with Gasteiger partial charge in [-0.15, -0.1) is 12.4 Å². The number of carbonyl (C=O) groups is 2. The number of piperidine rings is 1. The number of hydrogen-bond donors (Lipinski definition) is 3. The van der Waals surface area contributed by atoms with E-state index in [1.54, 1.807) is 19.2 Å². The number of carbonyl (C=O) groups excluding carboxylic acids is 2. The molecule has 0 bridgehead atoms. The van der Waals surface area contributed by atoms with Crippen molar-refractivity contribution in [2.45, 2.75) is 25.8 Å². The molecule has 2 aromatic rings. The molecule has 6 nitrogen and oxygen atoms in total. The van der Waals surface area contributed by atoms with E-state index < -0.39 is 5.41 Å². The molecule has 3 rings (SSSR count). The summed E-state index contributed by atoms with van der Waals surface area (Å²) in [6, 6.07) is 16.5. The molecule has 30 heavy (non-hydrogen) atoms. The van der Waals surface area contributed by atoms with E-state index in [2.05, 4.69) is 16.0 Å². The smallest absolute Gasteiger partial charge is 0.255 e. The lowest BCUT2D eigenvalue weighted by Gasteiger charge is -2.36. The minimum Gasteiger partial charge on any atom is -0.384 e. The fraction of sp³-hybridized carbons (Fsp3) is 0.391. The monoisotopic (exact) mass is 431 g/mol. The van der Waals surface area contributed by atoms with E-state index in [-0.39, 0.29) is 30.3 Å². The summed E-state index contributed by atoms with van der Waals surface area (Å²) in [6.07, 6.45) is 1.51. The van der Waals surface area contributed by atoms with E-state index in [0.29, 0.717) is 17.9 Å². The van der Waals surface area contributed by atoms with Gasteiger partial charge in [-0.05, 0) is 62.7 Å². The van der Waals surface area contributed by atoms with Gasteiger partial charge in [-0.25, -0.2) is 0 Å². The maximum Gasteiger partial charge on any atom is 0.255 e. The SMILES string of the molecule is COCC1(C(=O)NC(C)c2cccc(NC(=O)c3ccccc3)c2)CCNCC1.Cl. The number of amides is 2. The first kappa shape index (κ1) is 23.9. The van der Waals surface area contributed by atoms with E-state index in [9.17, 15) is 9.59 Å². The highest BCUT2D eigenvalue weighted by Crippen LogP contribution is 2.30. The van der Waals surface area contributed by atoms with Crippen LogP contribution in [0.3, 0.4) is 0 Å². The van der Waals surface area contributed by atoms with E-state index in [1.165, 1.54) is 0 Å². The number of nitrogens with one attached hydrogen (secondary N) is 3. The van der Waals surface area contributed by atoms with Crippen molar-refractivity contribution in [3.8, 4) is 0 Å². The zero-order chi connectivity index (χ0) is 20.7. The summed E-state index contributed by atoms with van der Waals surface area (Å²) < 4.78 is 5.36. The van der Waals surface area contributed by atoms with Crippen molar-refractivity contribution in [2.75, 3.05) is 32.1 Å². The summed E-state index contributed by atoms with van der Waals surface area (Å²) in [7, 11) is 1.64. The van der Waals surface area contributed by atoms with Gasteiger partial charge in [-0.3, -0.25) is 9.59 Å². The third-order valence-corrected chi connectivity index (χ3v) is 5.49. The molecule has 7 heteroatoms. The van der Waals surface area contributed by atoms with Gasteiger partial charge in [-0.1, -0.05) is 30.3 Å². The minimum atomic E-state index is -0.493. The molecule has 2 aromatic carbocycles. The molecule has 0 aromatic heterocycles. The molecule has 0 radical (unpaired) electrons. The first-order valence-corrected chi connectivity index (χ1v) is 10.0. The molecule has 1 aliphatic heterocycles. The Morgan fingerprint density at radius 3 is 2.47 bits per heavy atom. The molecule has 1 atom stereocenters. The van der Waals surface area contributed by atoms with Crippen LogP contribution in [-0.2, 0) is 9.53 Å². The highest BCUT2D eigenvalue weighted by molar-refractivity contribution is 6.04. The van der Waals surface area contributed by atoms with E-state index >= 15 is 0 Å². The lowest BCUT2D eigenvalue weighted by atomic mass is 9.78. The van der Waals surface area contributed by atoms with Crippen molar-refractivity contribution < 1.29 is 14.3 Å². The van der Waals surface area contributed by atoms with Gasteiger partial charge in [0.05, 0.1) is 18.1 Å². The summed E-state index contributed by atoms with van der Waals surface area (Å²) >= 11 is 0. The second-order valence-electron chi connectivity index (χ2n) is 7.60. The van der Waals surface area contributed by atoms with Crippen LogP contribution in [0.2, 0.25) is 0 Å². The number of methoxy groups -OCH3 is 1. The Morgan fingerprint density at radius 2 is 1.80 bits per heavy atom. The van der Waals surface area contributed by atoms with Crippen LogP contribution in [0.5, 0.6) is 0 Å². The lowest BCUT2D eigenvalue weighted by molar-refractivity contribution is -0.136. The van der Waals surface area contributed by atoms with Gasteiger partial charge in [0, 0.05) is 18.4 Å². The molecule has 1 fully saturated rings. The second-order valence-corrected chi connectivity index (χ2v) is 7.60. The molecule has 1 heterocycles. The summed E-state index contributed by atoms with van der Waals surface area (Å²) in [4.78, 5) is 25.4. The Bertz CT molecular complexity index is 833. The minimum absolute atomic E-state index is 0. The standard InChI is InChI=1S/C23H29N3O3.ClH/c1-17(25-22(28)23(16-29-2)11-13-24-14-12-23)19-9-6-10-20(15-19)26-21(27)18-7-4-3-5-8-18;/h3-10,15,17,24H,11-14,16H2,1-2H3,(H,25,28)(H,26,27);1H. The topological polar surface area (TPSA) is 79.5 Å². The molecule has 0 saturated carbocycles. The molecule has 1 unspecified atom stereocenters. The quantitative estimate of drug-likeness (QED) is 0.626. The number of anilines is 1. The van der Waals surface area contributed by atoms with Crippen molar-refractivity contribution in [3.63, 3.8) is 0 Å². The van der Waals surface area contributed by atoms with Crippen LogP contribution in [0, 0.1) is 5.41 Å². The zero-order valence-electron chi connectivity index (χ0n) is 17.4. The van der Waals surface area contributed by atoms with Gasteiger partial charge in [0.2, 0.25) is 5.91 Å². The van der Waals surface area contributed by atoms with Crippen LogP contribution >= 0.6 is 12.4 Å². The van der Waals surface area contributed by atoms with Crippen LogP contribution in [0.25, 0.3) is 0 Å². The Balaban J connectivity index is 0.00000320. The predicted octanol–water partition coefficient (Wildman–Crippen LogP) is 3.55. The van der Waals surface area contributed by atoms with Crippen molar-refractivity contribution >= 4 is 29.9 Å². The molecular formula is C23H30ClN3O3. The highest BCUT2D eigenvalue weighted by Gasteiger charge is 2.40. The second kappa shape index (κ2) is 11.1. The summed E-state index contributed by atoms with van der Waals surface area (Å²) in [6.45, 7) is 4.00. The Morgan fingerprint density at radius 1 is 1.10 bits per heavy atom. The summed E-state index contributed by atoms with van der Waals surface area (Å²) in [5, 5.41) is 9.36. The maximum absolute atomic E-state index is 13.1. The van der Waals surface area contributed by atoms with Crippen molar-refractivity contribution in [2.24, 2.45) is 5.41 Å². The van der Waals surface area contributed by atoms with E-state index in [1.807, 2.05) is 49.4 Å². The normalized spacial score (nSPS) is 16.1. The van der Waals surface area contributed by atoms with Crippen LogP contribution in [-0.4, -0.2) is 38.6 Å². The van der Waals surface area contributed by atoms with Crippen molar-refractivity contribution in [1.29, 1.82) is 0 Å². The Labute approximate surface area is 184 Å². The van der Waals surface area contributed by atoms with Crippen molar-refractivity contribution in [1.82, 2.24) is 10.6 Å². The lowest BCUT2D eigenvalue weighted by Crippen LogP contribution is -2.50. The number of halogens is 1. The number of ether oxygens (including phenoxy) is 1. The van der Waals surface area contributed by atoms with Gasteiger partial charge in [-0.2, -0.15) is 0 Å². The Hall–Kier alpha value is -2.41.